The van der Waals surface area contributed by atoms with Crippen LogP contribution in [0.4, 0.5) is 13.2 Å². The summed E-state index contributed by atoms with van der Waals surface area (Å²) >= 11 is 0. The fourth-order valence-electron chi connectivity index (χ4n) is 3.90. The van der Waals surface area contributed by atoms with Gasteiger partial charge in [0.2, 0.25) is 0 Å². The molecule has 0 saturated carbocycles. The highest BCUT2D eigenvalue weighted by atomic mass is 127. The Morgan fingerprint density at radius 1 is 1.07 bits per heavy atom. The molecule has 0 aromatic carbocycles. The number of halogens is 4. The molecule has 0 aromatic rings. The average Bonchev–Trinajstić information content (AvgIpc) is 2.66. The molecule has 1 unspecified atom stereocenters. The van der Waals surface area contributed by atoms with Gasteiger partial charge in [-0.2, -0.15) is 13.2 Å². The van der Waals surface area contributed by atoms with Crippen molar-refractivity contribution in [2.75, 3.05) is 58.9 Å². The van der Waals surface area contributed by atoms with Gasteiger partial charge in [0.05, 0.1) is 0 Å². The minimum Gasteiger partial charge on any atom is -0.357 e. The zero-order valence-corrected chi connectivity index (χ0v) is 19.8. The average molecular weight is 519 g/mol. The molecule has 2 fully saturated rings. The lowest BCUT2D eigenvalue weighted by Gasteiger charge is -2.39. The number of hydrogen-bond acceptors (Lipinski definition) is 3. The van der Waals surface area contributed by atoms with E-state index < -0.39 is 12.2 Å². The number of nitrogens with zero attached hydrogens (tertiary/aromatic N) is 4. The van der Waals surface area contributed by atoms with Crippen molar-refractivity contribution < 1.29 is 13.2 Å². The Balaban J connectivity index is 0.00000392. The third kappa shape index (κ3) is 7.85. The van der Waals surface area contributed by atoms with E-state index in [1.807, 2.05) is 6.92 Å². The highest BCUT2D eigenvalue weighted by Gasteiger charge is 2.41. The van der Waals surface area contributed by atoms with Crippen molar-refractivity contribution in [1.29, 1.82) is 0 Å². The highest BCUT2D eigenvalue weighted by Crippen LogP contribution is 2.25. The van der Waals surface area contributed by atoms with Crippen LogP contribution in [0.25, 0.3) is 0 Å². The lowest BCUT2D eigenvalue weighted by molar-refractivity contribution is -0.181. The van der Waals surface area contributed by atoms with Crippen LogP contribution < -0.4 is 5.32 Å². The van der Waals surface area contributed by atoms with Gasteiger partial charge in [-0.3, -0.25) is 9.89 Å². The van der Waals surface area contributed by atoms with Gasteiger partial charge in [-0.05, 0) is 58.7 Å². The molecule has 2 rings (SSSR count). The van der Waals surface area contributed by atoms with E-state index in [0.29, 0.717) is 26.2 Å². The highest BCUT2D eigenvalue weighted by molar-refractivity contribution is 14.0. The number of rotatable bonds is 6. The van der Waals surface area contributed by atoms with E-state index in [1.54, 1.807) is 0 Å². The molecule has 28 heavy (non-hydrogen) atoms. The molecule has 2 aliphatic heterocycles. The molecule has 2 heterocycles. The minimum atomic E-state index is -4.16. The summed E-state index contributed by atoms with van der Waals surface area (Å²) in [7, 11) is 0. The molecule has 1 atom stereocenters. The largest absolute Gasteiger partial charge is 0.403 e. The number of aliphatic imine (C=N–C) groups is 1. The normalized spacial score (nSPS) is 22.1. The molecular formula is C19H37F3IN5. The Bertz CT molecular complexity index is 459. The summed E-state index contributed by atoms with van der Waals surface area (Å²) in [6, 6.07) is -1.38. The van der Waals surface area contributed by atoms with Crippen LogP contribution in [0.2, 0.25) is 0 Å². The van der Waals surface area contributed by atoms with E-state index in [4.69, 9.17) is 4.99 Å². The topological polar surface area (TPSA) is 34.1 Å². The molecule has 0 aromatic heterocycles. The summed E-state index contributed by atoms with van der Waals surface area (Å²) < 4.78 is 38.7. The van der Waals surface area contributed by atoms with Crippen molar-refractivity contribution in [2.45, 2.75) is 52.3 Å². The van der Waals surface area contributed by atoms with Crippen molar-refractivity contribution in [3.05, 3.63) is 0 Å². The van der Waals surface area contributed by atoms with E-state index in [2.05, 4.69) is 22.0 Å². The Hall–Kier alpha value is -0.290. The molecule has 0 aliphatic carbocycles. The third-order valence-electron chi connectivity index (χ3n) is 5.92. The molecular weight excluding hydrogens is 482 g/mol. The minimum absolute atomic E-state index is 0. The zero-order chi connectivity index (χ0) is 19.9. The maximum absolute atomic E-state index is 12.9. The van der Waals surface area contributed by atoms with Gasteiger partial charge in [0.1, 0.15) is 6.04 Å². The second-order valence-corrected chi connectivity index (χ2v) is 7.64. The van der Waals surface area contributed by atoms with E-state index >= 15 is 0 Å². The fraction of sp³-hybridized carbons (Fsp3) is 0.947. The lowest BCUT2D eigenvalue weighted by Crippen LogP contribution is -2.56. The van der Waals surface area contributed by atoms with Crippen LogP contribution in [-0.4, -0.2) is 91.8 Å². The maximum Gasteiger partial charge on any atom is 0.403 e. The molecule has 2 saturated heterocycles. The molecule has 2 aliphatic rings. The van der Waals surface area contributed by atoms with E-state index in [9.17, 15) is 13.2 Å². The van der Waals surface area contributed by atoms with Gasteiger partial charge in [-0.25, -0.2) is 0 Å². The van der Waals surface area contributed by atoms with Crippen molar-refractivity contribution in [2.24, 2.45) is 10.9 Å². The Morgan fingerprint density at radius 3 is 2.18 bits per heavy atom. The molecule has 0 radical (unpaired) electrons. The predicted molar refractivity (Wildman–Crippen MR) is 120 cm³/mol. The first-order chi connectivity index (χ1) is 12.8. The van der Waals surface area contributed by atoms with Gasteiger partial charge in [0, 0.05) is 39.3 Å². The summed E-state index contributed by atoms with van der Waals surface area (Å²) in [5, 5.41) is 3.31. The van der Waals surface area contributed by atoms with Crippen LogP contribution in [0.5, 0.6) is 0 Å². The Labute approximate surface area is 185 Å². The smallest absolute Gasteiger partial charge is 0.357 e. The molecule has 0 amide bonds. The zero-order valence-electron chi connectivity index (χ0n) is 17.5. The van der Waals surface area contributed by atoms with E-state index in [0.717, 1.165) is 37.9 Å². The Kier molecular flexibility index (Phi) is 11.4. The van der Waals surface area contributed by atoms with E-state index in [-0.39, 0.29) is 24.0 Å². The van der Waals surface area contributed by atoms with Crippen LogP contribution >= 0.6 is 24.0 Å². The number of nitrogens with one attached hydrogen (secondary N) is 1. The molecule has 1 N–H and O–H groups in total. The number of alkyl halides is 3. The molecule has 0 spiro atoms. The number of guanidine groups is 1. The maximum atomic E-state index is 12.9. The van der Waals surface area contributed by atoms with Gasteiger partial charge in [-0.1, -0.05) is 6.92 Å². The van der Waals surface area contributed by atoms with Crippen molar-refractivity contribution in [3.8, 4) is 0 Å². The standard InChI is InChI=1S/C19H36F3N5.HI/c1-4-23-18(24-9-6-17-7-10-25(5-2)11-8-17)27-14-12-26(13-15-27)16(3)19(20,21)22;/h16-17H,4-15H2,1-3H3,(H,23,24);1H. The molecule has 166 valence electrons. The SMILES string of the molecule is CCNC(=NCCC1CCN(CC)CC1)N1CCN(C(C)C(F)(F)F)CC1.I. The van der Waals surface area contributed by atoms with Gasteiger partial charge in [-0.15, -0.1) is 24.0 Å². The first-order valence-electron chi connectivity index (χ1n) is 10.4. The van der Waals surface area contributed by atoms with Gasteiger partial charge >= 0.3 is 6.18 Å². The third-order valence-corrected chi connectivity index (χ3v) is 5.92. The van der Waals surface area contributed by atoms with Gasteiger partial charge < -0.3 is 15.1 Å². The molecule has 5 nitrogen and oxygen atoms in total. The van der Waals surface area contributed by atoms with Crippen LogP contribution in [0.3, 0.4) is 0 Å². The van der Waals surface area contributed by atoms with Crippen LogP contribution in [0.1, 0.15) is 40.0 Å². The quantitative estimate of drug-likeness (QED) is 0.332. The number of piperidine rings is 1. The first-order valence-corrected chi connectivity index (χ1v) is 10.4. The first kappa shape index (κ1) is 25.7. The summed E-state index contributed by atoms with van der Waals surface area (Å²) in [6.07, 6.45) is -0.576. The number of hydrogen-bond donors (Lipinski definition) is 1. The van der Waals surface area contributed by atoms with Gasteiger partial charge in [0.25, 0.3) is 0 Å². The number of piperazine rings is 1. The van der Waals surface area contributed by atoms with Crippen LogP contribution in [0.15, 0.2) is 4.99 Å². The fourth-order valence-corrected chi connectivity index (χ4v) is 3.90. The summed E-state index contributed by atoms with van der Waals surface area (Å²) in [5.74, 6) is 1.59. The second kappa shape index (κ2) is 12.4. The lowest BCUT2D eigenvalue weighted by atomic mass is 9.94. The second-order valence-electron chi connectivity index (χ2n) is 7.64. The summed E-state index contributed by atoms with van der Waals surface area (Å²) in [5.41, 5.74) is 0. The van der Waals surface area contributed by atoms with Crippen molar-refractivity contribution in [3.63, 3.8) is 0 Å². The predicted octanol–water partition coefficient (Wildman–Crippen LogP) is 3.26. The van der Waals surface area contributed by atoms with E-state index in [1.165, 1.54) is 37.8 Å². The molecule has 0 bridgehead atoms. The van der Waals surface area contributed by atoms with Crippen LogP contribution in [-0.2, 0) is 0 Å². The number of likely N-dealkylation sites (tertiary alicyclic amines) is 1. The Morgan fingerprint density at radius 2 is 1.68 bits per heavy atom. The van der Waals surface area contributed by atoms with Crippen LogP contribution in [0, 0.1) is 5.92 Å². The monoisotopic (exact) mass is 519 g/mol. The van der Waals surface area contributed by atoms with Crippen molar-refractivity contribution >= 4 is 29.9 Å². The summed E-state index contributed by atoms with van der Waals surface area (Å²) in [6.45, 7) is 12.6. The summed E-state index contributed by atoms with van der Waals surface area (Å²) in [4.78, 5) is 10.9. The van der Waals surface area contributed by atoms with Gasteiger partial charge in [0.15, 0.2) is 5.96 Å². The molecule has 9 heteroatoms. The van der Waals surface area contributed by atoms with Crippen molar-refractivity contribution in [1.82, 2.24) is 20.0 Å².